The Labute approximate surface area is 86.1 Å². The Morgan fingerprint density at radius 3 is 2.92 bits per heavy atom. The lowest BCUT2D eigenvalue weighted by Gasteiger charge is -2.22. The smallest absolute Gasteiger partial charge is 0.271 e. The zero-order chi connectivity index (χ0) is 9.90. The maximum atomic E-state index is 11.5. The molecule has 13 heavy (non-hydrogen) atoms. The van der Waals surface area contributed by atoms with Crippen LogP contribution in [0.1, 0.15) is 24.3 Å². The summed E-state index contributed by atoms with van der Waals surface area (Å²) in [5, 5.41) is 4.49. The first-order chi connectivity index (χ1) is 6.05. The lowest BCUT2D eigenvalue weighted by molar-refractivity contribution is 0.0916. The van der Waals surface area contributed by atoms with E-state index in [1.54, 1.807) is 10.9 Å². The number of halogens is 1. The van der Waals surface area contributed by atoms with Crippen LogP contribution in [0.3, 0.4) is 0 Å². The van der Waals surface area contributed by atoms with E-state index in [0.29, 0.717) is 11.6 Å². The molecule has 3 nitrogen and oxygen atoms in total. The van der Waals surface area contributed by atoms with Crippen molar-refractivity contribution in [3.8, 4) is 0 Å². The van der Waals surface area contributed by atoms with Gasteiger partial charge in [-0.05, 0) is 13.8 Å². The summed E-state index contributed by atoms with van der Waals surface area (Å²) in [4.78, 5) is 15.4. The van der Waals surface area contributed by atoms with Gasteiger partial charge < -0.3 is 5.32 Å². The Hall–Kier alpha value is -0.610. The molecule has 0 radical (unpaired) electrons. The zero-order valence-corrected chi connectivity index (χ0v) is 9.08. The fourth-order valence-electron chi connectivity index (χ4n) is 0.729. The van der Waals surface area contributed by atoms with E-state index in [1.807, 2.05) is 13.8 Å². The van der Waals surface area contributed by atoms with Crippen molar-refractivity contribution >= 4 is 28.8 Å². The van der Waals surface area contributed by atoms with Gasteiger partial charge in [-0.3, -0.25) is 4.79 Å². The van der Waals surface area contributed by atoms with E-state index < -0.39 is 0 Å². The number of hydrogen-bond acceptors (Lipinski definition) is 3. The van der Waals surface area contributed by atoms with Gasteiger partial charge in [0.25, 0.3) is 5.91 Å². The molecule has 1 aromatic rings. The number of hydrogen-bond donors (Lipinski definition) is 1. The Kier molecular flexibility index (Phi) is 3.27. The van der Waals surface area contributed by atoms with Crippen molar-refractivity contribution in [1.82, 2.24) is 10.3 Å². The standard InChI is InChI=1S/C8H11ClN2OS/c1-8(2,4-9)11-7(12)6-3-13-5-10-6/h3,5H,4H2,1-2H3,(H,11,12). The van der Waals surface area contributed by atoms with Gasteiger partial charge in [-0.15, -0.1) is 22.9 Å². The third-order valence-electron chi connectivity index (χ3n) is 1.45. The van der Waals surface area contributed by atoms with Crippen molar-refractivity contribution in [1.29, 1.82) is 0 Å². The molecule has 0 aliphatic carbocycles. The maximum absolute atomic E-state index is 11.5. The van der Waals surface area contributed by atoms with Gasteiger partial charge in [0.05, 0.1) is 5.51 Å². The van der Waals surface area contributed by atoms with Crippen molar-refractivity contribution in [3.63, 3.8) is 0 Å². The molecule has 5 heteroatoms. The van der Waals surface area contributed by atoms with E-state index in [0.717, 1.165) is 0 Å². The van der Waals surface area contributed by atoms with Crippen LogP contribution in [-0.4, -0.2) is 22.3 Å². The van der Waals surface area contributed by atoms with Gasteiger partial charge in [-0.1, -0.05) is 0 Å². The topological polar surface area (TPSA) is 42.0 Å². The predicted molar refractivity (Wildman–Crippen MR) is 54.4 cm³/mol. The van der Waals surface area contributed by atoms with E-state index in [-0.39, 0.29) is 11.4 Å². The van der Waals surface area contributed by atoms with E-state index >= 15 is 0 Å². The molecule has 0 unspecified atom stereocenters. The molecule has 0 spiro atoms. The quantitative estimate of drug-likeness (QED) is 0.788. The lowest BCUT2D eigenvalue weighted by Crippen LogP contribution is -2.45. The minimum atomic E-state index is -0.387. The minimum Gasteiger partial charge on any atom is -0.345 e. The third kappa shape index (κ3) is 2.97. The Bertz CT molecular complexity index is 284. The second-order valence-corrected chi connectivity index (χ2v) is 4.33. The summed E-state index contributed by atoms with van der Waals surface area (Å²) in [5.74, 6) is 0.204. The summed E-state index contributed by atoms with van der Waals surface area (Å²) >= 11 is 7.06. The molecule has 1 N–H and O–H groups in total. The predicted octanol–water partition coefficient (Wildman–Crippen LogP) is 1.89. The normalized spacial score (nSPS) is 11.3. The summed E-state index contributed by atoms with van der Waals surface area (Å²) in [5.41, 5.74) is 1.69. The number of carbonyl (C=O) groups is 1. The fourth-order valence-corrected chi connectivity index (χ4v) is 1.33. The van der Waals surface area contributed by atoms with Crippen LogP contribution in [0.4, 0.5) is 0 Å². The summed E-state index contributed by atoms with van der Waals surface area (Å²) in [6.07, 6.45) is 0. The van der Waals surface area contributed by atoms with E-state index in [2.05, 4.69) is 10.3 Å². The van der Waals surface area contributed by atoms with Crippen LogP contribution in [0, 0.1) is 0 Å². The summed E-state index contributed by atoms with van der Waals surface area (Å²) in [7, 11) is 0. The number of alkyl halides is 1. The first kappa shape index (κ1) is 10.5. The second kappa shape index (κ2) is 4.07. The Balaban J connectivity index is 2.61. The molecule has 0 saturated heterocycles. The largest absolute Gasteiger partial charge is 0.345 e. The average molecular weight is 219 g/mol. The Morgan fingerprint density at radius 1 is 1.77 bits per heavy atom. The first-order valence-corrected chi connectivity index (χ1v) is 5.29. The number of thiazole rings is 1. The molecule has 1 aromatic heterocycles. The number of nitrogens with one attached hydrogen (secondary N) is 1. The number of nitrogens with zero attached hydrogens (tertiary/aromatic N) is 1. The van der Waals surface area contributed by atoms with E-state index in [1.165, 1.54) is 11.3 Å². The fraction of sp³-hybridized carbons (Fsp3) is 0.500. The summed E-state index contributed by atoms with van der Waals surface area (Å²) in [6.45, 7) is 3.73. The molecule has 0 aromatic carbocycles. The van der Waals surface area contributed by atoms with E-state index in [9.17, 15) is 4.79 Å². The van der Waals surface area contributed by atoms with Crippen LogP contribution in [0.5, 0.6) is 0 Å². The molecule has 1 amide bonds. The molecule has 1 heterocycles. The molecule has 72 valence electrons. The molecule has 1 rings (SSSR count). The van der Waals surface area contributed by atoms with Crippen LogP contribution in [0.15, 0.2) is 10.9 Å². The highest BCUT2D eigenvalue weighted by molar-refractivity contribution is 7.07. The van der Waals surface area contributed by atoms with Crippen LogP contribution in [0.2, 0.25) is 0 Å². The minimum absolute atomic E-state index is 0.174. The number of carbonyl (C=O) groups excluding carboxylic acids is 1. The first-order valence-electron chi connectivity index (χ1n) is 3.82. The van der Waals surface area contributed by atoms with Gasteiger partial charge in [0.2, 0.25) is 0 Å². The summed E-state index contributed by atoms with van der Waals surface area (Å²) in [6, 6.07) is 0. The van der Waals surface area contributed by atoms with Gasteiger partial charge in [-0.2, -0.15) is 0 Å². The molecule has 0 atom stereocenters. The number of rotatable bonds is 3. The second-order valence-electron chi connectivity index (χ2n) is 3.35. The highest BCUT2D eigenvalue weighted by Crippen LogP contribution is 2.07. The molecule has 0 aliphatic heterocycles. The van der Waals surface area contributed by atoms with Crippen LogP contribution >= 0.6 is 22.9 Å². The van der Waals surface area contributed by atoms with Crippen LogP contribution in [0.25, 0.3) is 0 Å². The average Bonchev–Trinajstić information content (AvgIpc) is 2.55. The highest BCUT2D eigenvalue weighted by atomic mass is 35.5. The van der Waals surface area contributed by atoms with Crippen molar-refractivity contribution in [2.75, 3.05) is 5.88 Å². The molecule has 0 aliphatic rings. The molecular weight excluding hydrogens is 208 g/mol. The van der Waals surface area contributed by atoms with Crippen molar-refractivity contribution < 1.29 is 4.79 Å². The van der Waals surface area contributed by atoms with E-state index in [4.69, 9.17) is 11.6 Å². The van der Waals surface area contributed by atoms with Crippen molar-refractivity contribution in [3.05, 3.63) is 16.6 Å². The number of aromatic nitrogens is 1. The van der Waals surface area contributed by atoms with Crippen molar-refractivity contribution in [2.24, 2.45) is 0 Å². The SMILES string of the molecule is CC(C)(CCl)NC(=O)c1cscn1. The zero-order valence-electron chi connectivity index (χ0n) is 7.50. The number of amides is 1. The molecule has 0 saturated carbocycles. The summed E-state index contributed by atoms with van der Waals surface area (Å²) < 4.78 is 0. The van der Waals surface area contributed by atoms with Crippen LogP contribution in [-0.2, 0) is 0 Å². The van der Waals surface area contributed by atoms with Crippen molar-refractivity contribution in [2.45, 2.75) is 19.4 Å². The maximum Gasteiger partial charge on any atom is 0.271 e. The Morgan fingerprint density at radius 2 is 2.46 bits per heavy atom. The molecule has 0 bridgehead atoms. The monoisotopic (exact) mass is 218 g/mol. The molecular formula is C8H11ClN2OS. The van der Waals surface area contributed by atoms with Gasteiger partial charge in [0.1, 0.15) is 5.69 Å². The lowest BCUT2D eigenvalue weighted by atomic mass is 10.1. The van der Waals surface area contributed by atoms with Gasteiger partial charge in [-0.25, -0.2) is 4.98 Å². The van der Waals surface area contributed by atoms with Gasteiger partial charge in [0.15, 0.2) is 0 Å². The highest BCUT2D eigenvalue weighted by Gasteiger charge is 2.20. The van der Waals surface area contributed by atoms with Gasteiger partial charge >= 0.3 is 0 Å². The third-order valence-corrected chi connectivity index (χ3v) is 2.71. The van der Waals surface area contributed by atoms with Crippen LogP contribution < -0.4 is 5.32 Å². The van der Waals surface area contributed by atoms with Gasteiger partial charge in [0, 0.05) is 16.8 Å². The molecule has 0 fully saturated rings.